The van der Waals surface area contributed by atoms with Gasteiger partial charge in [0, 0.05) is 25.5 Å². The lowest BCUT2D eigenvalue weighted by atomic mass is 9.55. The summed E-state index contributed by atoms with van der Waals surface area (Å²) >= 11 is 0. The van der Waals surface area contributed by atoms with Gasteiger partial charge in [-0.3, -0.25) is 19.7 Å². The highest BCUT2D eigenvalue weighted by Gasteiger charge is 2.72. The maximum atomic E-state index is 13.0. The van der Waals surface area contributed by atoms with Crippen LogP contribution in [0.15, 0.2) is 48.8 Å². The molecule has 2 fully saturated rings. The van der Waals surface area contributed by atoms with Crippen LogP contribution in [-0.2, 0) is 15.1 Å². The van der Waals surface area contributed by atoms with Crippen molar-refractivity contribution in [2.24, 2.45) is 11.3 Å². The number of carboxylic acids is 2. The molecule has 0 aliphatic carbocycles. The fourth-order valence-corrected chi connectivity index (χ4v) is 5.61. The summed E-state index contributed by atoms with van der Waals surface area (Å²) in [6.07, 6.45) is 3.43. The zero-order chi connectivity index (χ0) is 20.8. The minimum absolute atomic E-state index is 0.0825. The van der Waals surface area contributed by atoms with Gasteiger partial charge in [0.05, 0.1) is 17.4 Å². The van der Waals surface area contributed by atoms with Crippen molar-refractivity contribution in [2.45, 2.75) is 18.0 Å². The number of piperidine rings is 2. The summed E-state index contributed by atoms with van der Waals surface area (Å²) in [6.45, 7) is 0.791. The smallest absolute Gasteiger partial charge is 0.331 e. The molecule has 2 N–H and O–H groups in total. The molecule has 2 aliphatic heterocycles. The van der Waals surface area contributed by atoms with Crippen LogP contribution in [0.25, 0.3) is 0 Å². The fourth-order valence-electron chi connectivity index (χ4n) is 5.61. The van der Waals surface area contributed by atoms with E-state index in [-0.39, 0.29) is 30.6 Å². The van der Waals surface area contributed by atoms with Crippen LogP contribution in [-0.4, -0.2) is 69.1 Å². The van der Waals surface area contributed by atoms with Crippen molar-refractivity contribution in [3.05, 3.63) is 60.2 Å². The SMILES string of the molecule is CN1CC2CC(C(=O)O)(C1)C(C(=O)O)(c1ccccn1)N(C)C2c1ccccn1. The first-order chi connectivity index (χ1) is 13.8. The molecule has 29 heavy (non-hydrogen) atoms. The average Bonchev–Trinajstić information content (AvgIpc) is 2.69. The number of fused-ring (bicyclic) bond motifs is 2. The third kappa shape index (κ3) is 2.59. The summed E-state index contributed by atoms with van der Waals surface area (Å²) in [5.41, 5.74) is -2.43. The van der Waals surface area contributed by atoms with Gasteiger partial charge in [-0.25, -0.2) is 4.79 Å². The lowest BCUT2D eigenvalue weighted by Crippen LogP contribution is -2.74. The first-order valence-corrected chi connectivity index (χ1v) is 9.55. The summed E-state index contributed by atoms with van der Waals surface area (Å²) in [7, 11) is 3.53. The standard InChI is InChI=1S/C21H24N4O4/c1-24-12-14-11-20(13-24,18(26)27)21(19(28)29,16-8-4-6-10-23-16)25(2)17(14)15-7-3-5-9-22-15/h3-10,14,17H,11-13H2,1-2H3,(H,26,27)(H,28,29). The quantitative estimate of drug-likeness (QED) is 0.800. The van der Waals surface area contributed by atoms with Crippen LogP contribution in [0.2, 0.25) is 0 Å². The number of aliphatic carboxylic acids is 2. The third-order valence-corrected chi connectivity index (χ3v) is 6.53. The van der Waals surface area contributed by atoms with E-state index in [1.165, 1.54) is 6.20 Å². The number of carbonyl (C=O) groups is 2. The molecule has 2 bridgehead atoms. The Morgan fingerprint density at radius 2 is 1.72 bits per heavy atom. The van der Waals surface area contributed by atoms with Crippen LogP contribution in [0.3, 0.4) is 0 Å². The Kier molecular flexibility index (Phi) is 4.63. The molecular formula is C21H24N4O4. The second kappa shape index (κ2) is 6.89. The Morgan fingerprint density at radius 3 is 2.28 bits per heavy atom. The zero-order valence-corrected chi connectivity index (χ0v) is 16.4. The first-order valence-electron chi connectivity index (χ1n) is 9.55. The number of rotatable bonds is 4. The van der Waals surface area contributed by atoms with Crippen molar-refractivity contribution in [1.29, 1.82) is 0 Å². The van der Waals surface area contributed by atoms with E-state index in [0.717, 1.165) is 5.69 Å². The summed E-state index contributed by atoms with van der Waals surface area (Å²) in [5, 5.41) is 21.0. The molecule has 0 aromatic carbocycles. The van der Waals surface area contributed by atoms with Crippen molar-refractivity contribution in [3.63, 3.8) is 0 Å². The molecule has 8 nitrogen and oxygen atoms in total. The predicted molar refractivity (Wildman–Crippen MR) is 104 cm³/mol. The number of pyridine rings is 2. The van der Waals surface area contributed by atoms with E-state index < -0.39 is 22.9 Å². The Hall–Kier alpha value is -2.84. The highest BCUT2D eigenvalue weighted by Crippen LogP contribution is 2.59. The summed E-state index contributed by atoms with van der Waals surface area (Å²) in [6, 6.07) is 10.2. The molecule has 2 aromatic rings. The molecule has 8 heteroatoms. The number of hydrogen-bond acceptors (Lipinski definition) is 6. The van der Waals surface area contributed by atoms with Gasteiger partial charge in [0.2, 0.25) is 0 Å². The molecule has 0 amide bonds. The van der Waals surface area contributed by atoms with Crippen LogP contribution in [0.5, 0.6) is 0 Å². The molecule has 4 rings (SSSR count). The largest absolute Gasteiger partial charge is 0.481 e. The summed E-state index contributed by atoms with van der Waals surface area (Å²) in [4.78, 5) is 38.2. The van der Waals surface area contributed by atoms with Gasteiger partial charge in [-0.05, 0) is 50.7 Å². The Morgan fingerprint density at radius 1 is 1.03 bits per heavy atom. The average molecular weight is 396 g/mol. The third-order valence-electron chi connectivity index (χ3n) is 6.53. The maximum absolute atomic E-state index is 13.0. The number of likely N-dealkylation sites (tertiary alicyclic amines) is 2. The van der Waals surface area contributed by atoms with Gasteiger partial charge in [-0.2, -0.15) is 0 Å². The molecule has 2 aliphatic rings. The molecule has 0 radical (unpaired) electrons. The highest BCUT2D eigenvalue weighted by molar-refractivity contribution is 5.91. The van der Waals surface area contributed by atoms with Crippen LogP contribution in [0, 0.1) is 11.3 Å². The molecule has 0 saturated carbocycles. The van der Waals surface area contributed by atoms with E-state index in [1.54, 1.807) is 36.3 Å². The first kappa shape index (κ1) is 19.5. The van der Waals surface area contributed by atoms with Gasteiger partial charge in [-0.15, -0.1) is 0 Å². The minimum Gasteiger partial charge on any atom is -0.481 e. The van der Waals surface area contributed by atoms with Crippen molar-refractivity contribution in [2.75, 3.05) is 27.2 Å². The molecule has 4 unspecified atom stereocenters. The second-order valence-electron chi connectivity index (χ2n) is 8.09. The highest BCUT2D eigenvalue weighted by atomic mass is 16.4. The number of aromatic nitrogens is 2. The minimum atomic E-state index is -1.84. The number of nitrogens with zero attached hydrogens (tertiary/aromatic N) is 4. The molecule has 0 spiro atoms. The monoisotopic (exact) mass is 396 g/mol. The van der Waals surface area contributed by atoms with E-state index in [4.69, 9.17) is 0 Å². The lowest BCUT2D eigenvalue weighted by molar-refractivity contribution is -0.210. The van der Waals surface area contributed by atoms with E-state index in [2.05, 4.69) is 9.97 Å². The molecular weight excluding hydrogens is 372 g/mol. The van der Waals surface area contributed by atoms with Gasteiger partial charge >= 0.3 is 11.9 Å². The maximum Gasteiger partial charge on any atom is 0.331 e. The molecule has 4 heterocycles. The Bertz CT molecular complexity index is 925. The van der Waals surface area contributed by atoms with Crippen LogP contribution in [0.4, 0.5) is 0 Å². The Balaban J connectivity index is 2.03. The van der Waals surface area contributed by atoms with Crippen molar-refractivity contribution in [3.8, 4) is 0 Å². The van der Waals surface area contributed by atoms with Gasteiger partial charge in [-0.1, -0.05) is 12.1 Å². The summed E-state index contributed by atoms with van der Waals surface area (Å²) < 4.78 is 0. The summed E-state index contributed by atoms with van der Waals surface area (Å²) in [5.74, 6) is -2.41. The van der Waals surface area contributed by atoms with E-state index in [0.29, 0.717) is 6.54 Å². The molecule has 152 valence electrons. The number of hydrogen-bond donors (Lipinski definition) is 2. The molecule has 2 saturated heterocycles. The predicted octanol–water partition coefficient (Wildman–Crippen LogP) is 1.47. The molecule has 4 atom stereocenters. The van der Waals surface area contributed by atoms with Crippen LogP contribution < -0.4 is 0 Å². The van der Waals surface area contributed by atoms with Gasteiger partial charge in [0.15, 0.2) is 5.54 Å². The normalized spacial score (nSPS) is 32.6. The zero-order valence-electron chi connectivity index (χ0n) is 16.4. The van der Waals surface area contributed by atoms with E-state index >= 15 is 0 Å². The van der Waals surface area contributed by atoms with E-state index in [9.17, 15) is 19.8 Å². The number of likely N-dealkylation sites (N-methyl/N-ethyl adjacent to an activating group) is 1. The lowest BCUT2D eigenvalue weighted by Gasteiger charge is -2.61. The fraction of sp³-hybridized carbons (Fsp3) is 0.429. The molecule has 2 aromatic heterocycles. The van der Waals surface area contributed by atoms with Crippen molar-refractivity contribution < 1.29 is 19.8 Å². The van der Waals surface area contributed by atoms with Crippen molar-refractivity contribution >= 4 is 11.9 Å². The second-order valence-corrected chi connectivity index (χ2v) is 8.09. The van der Waals surface area contributed by atoms with Crippen LogP contribution >= 0.6 is 0 Å². The van der Waals surface area contributed by atoms with Gasteiger partial charge < -0.3 is 15.1 Å². The topological polar surface area (TPSA) is 107 Å². The Labute approximate surface area is 168 Å². The number of carboxylic acid groups (broad SMARTS) is 2. The van der Waals surface area contributed by atoms with Crippen LogP contribution in [0.1, 0.15) is 23.9 Å². The van der Waals surface area contributed by atoms with E-state index in [1.807, 2.05) is 30.1 Å². The van der Waals surface area contributed by atoms with Gasteiger partial charge in [0.25, 0.3) is 0 Å². The van der Waals surface area contributed by atoms with Crippen molar-refractivity contribution in [1.82, 2.24) is 19.8 Å². The van der Waals surface area contributed by atoms with Gasteiger partial charge in [0.1, 0.15) is 5.41 Å².